The molecular weight excluding hydrogens is 317 g/mol. The van der Waals surface area contributed by atoms with Crippen molar-refractivity contribution in [3.63, 3.8) is 0 Å². The normalized spacial score (nSPS) is 19.6. The molecule has 24 heavy (non-hydrogen) atoms. The summed E-state index contributed by atoms with van der Waals surface area (Å²) in [7, 11) is 0. The predicted octanol–water partition coefficient (Wildman–Crippen LogP) is 4.64. The molecule has 6 heteroatoms. The number of pyridine rings is 1. The van der Waals surface area contributed by atoms with Crippen molar-refractivity contribution in [2.24, 2.45) is 0 Å². The minimum atomic E-state index is -3.19. The lowest BCUT2D eigenvalue weighted by atomic mass is 9.68. The Balaban J connectivity index is 2.31. The van der Waals surface area contributed by atoms with Crippen LogP contribution in [0.15, 0.2) is 36.5 Å². The van der Waals surface area contributed by atoms with E-state index in [1.54, 1.807) is 26.0 Å². The molecule has 128 valence electrons. The lowest BCUT2D eigenvalue weighted by Crippen LogP contribution is -2.50. The highest BCUT2D eigenvalue weighted by molar-refractivity contribution is 5.74. The minimum absolute atomic E-state index is 0.177. The van der Waals surface area contributed by atoms with Crippen molar-refractivity contribution >= 4 is 11.5 Å². The van der Waals surface area contributed by atoms with Gasteiger partial charge in [-0.25, -0.2) is 18.2 Å². The van der Waals surface area contributed by atoms with Gasteiger partial charge in [0.1, 0.15) is 17.1 Å². The third-order valence-electron chi connectivity index (χ3n) is 4.34. The molecule has 1 aromatic carbocycles. The summed E-state index contributed by atoms with van der Waals surface area (Å²) in [5.74, 6) is -3.42. The van der Waals surface area contributed by atoms with E-state index in [0.717, 1.165) is 13.0 Å². The van der Waals surface area contributed by atoms with Gasteiger partial charge in [-0.05, 0) is 43.7 Å². The molecule has 0 saturated carbocycles. The first kappa shape index (κ1) is 16.8. The molecule has 1 aromatic heterocycles. The minimum Gasteiger partial charge on any atom is -0.377 e. The second kappa shape index (κ2) is 5.77. The van der Waals surface area contributed by atoms with Gasteiger partial charge < -0.3 is 10.1 Å². The van der Waals surface area contributed by atoms with Crippen molar-refractivity contribution in [1.29, 1.82) is 0 Å². The van der Waals surface area contributed by atoms with E-state index in [1.165, 1.54) is 18.3 Å². The number of anilines is 2. The molecule has 0 aliphatic carbocycles. The topological polar surface area (TPSA) is 34.1 Å². The average Bonchev–Trinajstić information content (AvgIpc) is 2.50. The Labute approximate surface area is 138 Å². The Bertz CT molecular complexity index is 758. The summed E-state index contributed by atoms with van der Waals surface area (Å²) in [5, 5.41) is 3.02. The van der Waals surface area contributed by atoms with Crippen LogP contribution in [-0.2, 0) is 10.2 Å². The zero-order valence-corrected chi connectivity index (χ0v) is 13.7. The molecule has 0 saturated heterocycles. The Morgan fingerprint density at radius 3 is 2.67 bits per heavy atom. The quantitative estimate of drug-likeness (QED) is 0.883. The van der Waals surface area contributed by atoms with Crippen molar-refractivity contribution in [2.75, 3.05) is 11.9 Å². The summed E-state index contributed by atoms with van der Waals surface area (Å²) in [6, 6.07) is 7.03. The second-order valence-electron chi connectivity index (χ2n) is 6.37. The van der Waals surface area contributed by atoms with Gasteiger partial charge in [-0.2, -0.15) is 0 Å². The fourth-order valence-electron chi connectivity index (χ4n) is 3.15. The van der Waals surface area contributed by atoms with Crippen molar-refractivity contribution < 1.29 is 17.9 Å². The van der Waals surface area contributed by atoms with Gasteiger partial charge in [0.05, 0.1) is 12.7 Å². The van der Waals surface area contributed by atoms with Gasteiger partial charge in [-0.15, -0.1) is 0 Å². The number of nitrogens with one attached hydrogen (secondary N) is 1. The molecule has 0 radical (unpaired) electrons. The number of hydrogen-bond acceptors (Lipinski definition) is 3. The number of fused-ring (bicyclic) bond motifs is 2. The Hall–Kier alpha value is -2.08. The largest absolute Gasteiger partial charge is 0.377 e. The second-order valence-corrected chi connectivity index (χ2v) is 6.37. The Kier molecular flexibility index (Phi) is 4.03. The third-order valence-corrected chi connectivity index (χ3v) is 4.34. The van der Waals surface area contributed by atoms with Gasteiger partial charge in [-0.1, -0.05) is 6.07 Å². The number of benzene rings is 1. The predicted molar refractivity (Wildman–Crippen MR) is 86.4 cm³/mol. The third kappa shape index (κ3) is 2.55. The summed E-state index contributed by atoms with van der Waals surface area (Å²) >= 11 is 0. The maximum Gasteiger partial charge on any atom is 0.261 e. The number of alkyl halides is 2. The van der Waals surface area contributed by atoms with E-state index in [9.17, 15) is 13.2 Å². The van der Waals surface area contributed by atoms with Gasteiger partial charge in [0, 0.05) is 24.4 Å². The van der Waals surface area contributed by atoms with Crippen LogP contribution >= 0.6 is 0 Å². The molecule has 1 unspecified atom stereocenters. The van der Waals surface area contributed by atoms with E-state index < -0.39 is 17.2 Å². The molecule has 3 nitrogen and oxygen atoms in total. The SMILES string of the molecule is CC(C)OCC1(C(C)(F)F)c2cc(F)ccc2Nc2ncccc21. The van der Waals surface area contributed by atoms with E-state index in [1.807, 2.05) is 0 Å². The van der Waals surface area contributed by atoms with Crippen LogP contribution in [-0.4, -0.2) is 23.6 Å². The molecule has 0 bridgehead atoms. The number of hydrogen-bond donors (Lipinski definition) is 1. The average molecular weight is 336 g/mol. The first-order valence-corrected chi connectivity index (χ1v) is 7.77. The Morgan fingerprint density at radius 1 is 1.25 bits per heavy atom. The van der Waals surface area contributed by atoms with Crippen LogP contribution < -0.4 is 5.32 Å². The molecule has 0 fully saturated rings. The first-order chi connectivity index (χ1) is 11.3. The molecule has 0 amide bonds. The first-order valence-electron chi connectivity index (χ1n) is 7.77. The van der Waals surface area contributed by atoms with Crippen LogP contribution in [0.3, 0.4) is 0 Å². The zero-order chi connectivity index (χ0) is 17.5. The molecule has 1 aliphatic heterocycles. The van der Waals surface area contributed by atoms with Crippen LogP contribution in [0.5, 0.6) is 0 Å². The maximum absolute atomic E-state index is 14.9. The smallest absolute Gasteiger partial charge is 0.261 e. The maximum atomic E-state index is 14.9. The van der Waals surface area contributed by atoms with Crippen molar-refractivity contribution in [2.45, 2.75) is 38.2 Å². The van der Waals surface area contributed by atoms with Crippen molar-refractivity contribution in [3.8, 4) is 0 Å². The standard InChI is InChI=1S/C18H19F3N2O/c1-11(2)24-10-18(17(3,20)21)13-5-4-8-22-16(13)23-15-7-6-12(19)9-14(15)18/h4-9,11H,10H2,1-3H3,(H,22,23). The van der Waals surface area contributed by atoms with Gasteiger partial charge in [0.15, 0.2) is 0 Å². The molecule has 2 aromatic rings. The van der Waals surface area contributed by atoms with Gasteiger partial charge in [-0.3, -0.25) is 0 Å². The molecule has 2 heterocycles. The van der Waals surface area contributed by atoms with Crippen molar-refractivity contribution in [3.05, 3.63) is 53.5 Å². The molecule has 1 atom stereocenters. The molecular formula is C18H19F3N2O. The van der Waals surface area contributed by atoms with E-state index in [4.69, 9.17) is 4.74 Å². The highest BCUT2D eigenvalue weighted by atomic mass is 19.3. The van der Waals surface area contributed by atoms with Gasteiger partial charge >= 0.3 is 0 Å². The van der Waals surface area contributed by atoms with E-state index in [0.29, 0.717) is 17.1 Å². The molecule has 1 aliphatic rings. The van der Waals surface area contributed by atoms with Gasteiger partial charge in [0.2, 0.25) is 0 Å². The van der Waals surface area contributed by atoms with Crippen LogP contribution in [0.1, 0.15) is 31.9 Å². The zero-order valence-electron chi connectivity index (χ0n) is 13.7. The number of nitrogens with zero attached hydrogens (tertiary/aromatic N) is 1. The molecule has 1 N–H and O–H groups in total. The van der Waals surface area contributed by atoms with Crippen LogP contribution in [0.2, 0.25) is 0 Å². The summed E-state index contributed by atoms with van der Waals surface area (Å²) in [6.45, 7) is 4.12. The highest BCUT2D eigenvalue weighted by Gasteiger charge is 2.57. The summed E-state index contributed by atoms with van der Waals surface area (Å²) < 4.78 is 49.4. The van der Waals surface area contributed by atoms with Crippen LogP contribution in [0, 0.1) is 5.82 Å². The number of aromatic nitrogens is 1. The number of ether oxygens (including phenoxy) is 1. The van der Waals surface area contributed by atoms with E-state index >= 15 is 0 Å². The van der Waals surface area contributed by atoms with E-state index in [-0.39, 0.29) is 18.3 Å². The lowest BCUT2D eigenvalue weighted by Gasteiger charge is -2.44. The van der Waals surface area contributed by atoms with Gasteiger partial charge in [0.25, 0.3) is 5.92 Å². The fourth-order valence-corrected chi connectivity index (χ4v) is 3.15. The summed E-state index contributed by atoms with van der Waals surface area (Å²) in [4.78, 5) is 4.18. The summed E-state index contributed by atoms with van der Waals surface area (Å²) in [5.41, 5.74) is -0.923. The number of halogens is 3. The van der Waals surface area contributed by atoms with Crippen LogP contribution in [0.4, 0.5) is 24.7 Å². The van der Waals surface area contributed by atoms with E-state index in [2.05, 4.69) is 10.3 Å². The lowest BCUT2D eigenvalue weighted by molar-refractivity contribution is -0.0868. The van der Waals surface area contributed by atoms with Crippen molar-refractivity contribution in [1.82, 2.24) is 4.98 Å². The molecule has 0 spiro atoms. The van der Waals surface area contributed by atoms with Crippen LogP contribution in [0.25, 0.3) is 0 Å². The monoisotopic (exact) mass is 336 g/mol. The number of rotatable bonds is 4. The fraction of sp³-hybridized carbons (Fsp3) is 0.389. The summed E-state index contributed by atoms with van der Waals surface area (Å²) in [6.07, 6.45) is 1.29. The Morgan fingerprint density at radius 2 is 2.00 bits per heavy atom. The molecule has 3 rings (SSSR count). The highest BCUT2D eigenvalue weighted by Crippen LogP contribution is 2.53.